The highest BCUT2D eigenvalue weighted by atomic mass is 16.5. The largest absolute Gasteiger partial charge is 0.497 e. The lowest BCUT2D eigenvalue weighted by Crippen LogP contribution is -2.39. The van der Waals surface area contributed by atoms with E-state index in [1.54, 1.807) is 7.11 Å². The third-order valence-electron chi connectivity index (χ3n) is 3.17. The fourth-order valence-electron chi connectivity index (χ4n) is 2.14. The average molecular weight is 220 g/mol. The lowest BCUT2D eigenvalue weighted by atomic mass is 10.1. The van der Waals surface area contributed by atoms with Crippen LogP contribution in [-0.4, -0.2) is 31.1 Å². The molecule has 1 aromatic rings. The van der Waals surface area contributed by atoms with Gasteiger partial charge in [-0.3, -0.25) is 4.90 Å². The molecule has 1 heterocycles. The Labute approximate surface area is 97.2 Å². The predicted molar refractivity (Wildman–Crippen MR) is 65.5 cm³/mol. The van der Waals surface area contributed by atoms with Gasteiger partial charge in [0.2, 0.25) is 0 Å². The van der Waals surface area contributed by atoms with Crippen molar-refractivity contribution in [2.45, 2.75) is 25.4 Å². The molecule has 1 aliphatic heterocycles. The first-order valence-electron chi connectivity index (χ1n) is 5.89. The summed E-state index contributed by atoms with van der Waals surface area (Å²) < 4.78 is 5.22. The van der Waals surface area contributed by atoms with Crippen LogP contribution in [0.25, 0.3) is 0 Å². The summed E-state index contributed by atoms with van der Waals surface area (Å²) in [6.07, 6.45) is 2.23. The van der Waals surface area contributed by atoms with Crippen molar-refractivity contribution in [2.75, 3.05) is 20.2 Å². The number of ether oxygens (including phenoxy) is 1. The minimum absolute atomic E-state index is 0.404. The number of hydrogen-bond acceptors (Lipinski definition) is 3. The second kappa shape index (κ2) is 5.32. The monoisotopic (exact) mass is 220 g/mol. The molecule has 0 spiro atoms. The van der Waals surface area contributed by atoms with Crippen LogP contribution in [0.3, 0.4) is 0 Å². The summed E-state index contributed by atoms with van der Waals surface area (Å²) in [7, 11) is 1.71. The van der Waals surface area contributed by atoms with Crippen molar-refractivity contribution in [1.82, 2.24) is 4.90 Å². The second-order valence-corrected chi connectivity index (χ2v) is 4.47. The molecule has 3 nitrogen and oxygen atoms in total. The van der Waals surface area contributed by atoms with Crippen LogP contribution in [-0.2, 0) is 6.54 Å². The molecule has 1 aliphatic rings. The van der Waals surface area contributed by atoms with Crippen LogP contribution in [0.1, 0.15) is 18.4 Å². The Kier molecular flexibility index (Phi) is 3.80. The fraction of sp³-hybridized carbons (Fsp3) is 0.538. The van der Waals surface area contributed by atoms with E-state index in [1.165, 1.54) is 5.56 Å². The van der Waals surface area contributed by atoms with Gasteiger partial charge in [0.1, 0.15) is 5.75 Å². The molecule has 0 atom stereocenters. The van der Waals surface area contributed by atoms with Crippen molar-refractivity contribution in [3.05, 3.63) is 29.8 Å². The number of nitrogens with zero attached hydrogens (tertiary/aromatic N) is 1. The molecule has 1 saturated heterocycles. The first-order valence-corrected chi connectivity index (χ1v) is 5.89. The molecular weight excluding hydrogens is 200 g/mol. The summed E-state index contributed by atoms with van der Waals surface area (Å²) in [6.45, 7) is 3.22. The zero-order valence-corrected chi connectivity index (χ0v) is 9.86. The molecule has 88 valence electrons. The van der Waals surface area contributed by atoms with Crippen LogP contribution in [0.15, 0.2) is 24.3 Å². The number of likely N-dealkylation sites (tertiary alicyclic amines) is 1. The van der Waals surface area contributed by atoms with Crippen LogP contribution >= 0.6 is 0 Å². The second-order valence-electron chi connectivity index (χ2n) is 4.47. The van der Waals surface area contributed by atoms with Gasteiger partial charge in [-0.05, 0) is 43.6 Å². The van der Waals surface area contributed by atoms with Gasteiger partial charge >= 0.3 is 0 Å². The molecule has 16 heavy (non-hydrogen) atoms. The topological polar surface area (TPSA) is 38.5 Å². The van der Waals surface area contributed by atoms with E-state index < -0.39 is 0 Å². The van der Waals surface area contributed by atoms with E-state index in [0.29, 0.717) is 6.04 Å². The standard InChI is InChI=1S/C13H20N2O/c1-16-13-4-2-3-11(9-13)10-15-7-5-12(14)6-8-15/h2-4,9,12H,5-8,10,14H2,1H3. The van der Waals surface area contributed by atoms with Crippen molar-refractivity contribution in [3.63, 3.8) is 0 Å². The highest BCUT2D eigenvalue weighted by molar-refractivity contribution is 5.28. The van der Waals surface area contributed by atoms with Gasteiger partial charge < -0.3 is 10.5 Å². The Morgan fingerprint density at radius 2 is 2.12 bits per heavy atom. The minimum atomic E-state index is 0.404. The Balaban J connectivity index is 1.93. The molecule has 0 saturated carbocycles. The van der Waals surface area contributed by atoms with E-state index in [-0.39, 0.29) is 0 Å². The van der Waals surface area contributed by atoms with E-state index in [0.717, 1.165) is 38.2 Å². The van der Waals surface area contributed by atoms with Gasteiger partial charge in [0, 0.05) is 12.6 Å². The number of benzene rings is 1. The smallest absolute Gasteiger partial charge is 0.119 e. The first kappa shape index (κ1) is 11.4. The van der Waals surface area contributed by atoms with Crippen LogP contribution in [0.4, 0.5) is 0 Å². The molecule has 0 aromatic heterocycles. The van der Waals surface area contributed by atoms with Gasteiger partial charge in [0.05, 0.1) is 7.11 Å². The molecule has 1 aromatic carbocycles. The summed E-state index contributed by atoms with van der Waals surface area (Å²) in [5, 5.41) is 0. The van der Waals surface area contributed by atoms with Crippen LogP contribution in [0.2, 0.25) is 0 Å². The molecule has 3 heteroatoms. The van der Waals surface area contributed by atoms with E-state index in [2.05, 4.69) is 17.0 Å². The number of piperidine rings is 1. The fourth-order valence-corrected chi connectivity index (χ4v) is 2.14. The van der Waals surface area contributed by atoms with Crippen LogP contribution in [0, 0.1) is 0 Å². The SMILES string of the molecule is COc1cccc(CN2CCC(N)CC2)c1. The zero-order valence-electron chi connectivity index (χ0n) is 9.86. The molecule has 0 amide bonds. The van der Waals surface area contributed by atoms with Gasteiger partial charge in [-0.2, -0.15) is 0 Å². The lowest BCUT2D eigenvalue weighted by Gasteiger charge is -2.30. The number of methoxy groups -OCH3 is 1. The number of nitrogens with two attached hydrogens (primary N) is 1. The normalized spacial score (nSPS) is 18.6. The van der Waals surface area contributed by atoms with E-state index in [9.17, 15) is 0 Å². The molecule has 0 bridgehead atoms. The van der Waals surface area contributed by atoms with Gasteiger partial charge in [-0.1, -0.05) is 12.1 Å². The highest BCUT2D eigenvalue weighted by Gasteiger charge is 2.15. The van der Waals surface area contributed by atoms with Crippen molar-refractivity contribution in [3.8, 4) is 5.75 Å². The highest BCUT2D eigenvalue weighted by Crippen LogP contribution is 2.16. The Hall–Kier alpha value is -1.06. The summed E-state index contributed by atoms with van der Waals surface area (Å²) in [5.41, 5.74) is 7.20. The van der Waals surface area contributed by atoms with E-state index in [4.69, 9.17) is 10.5 Å². The average Bonchev–Trinajstić information content (AvgIpc) is 2.32. The van der Waals surface area contributed by atoms with Crippen molar-refractivity contribution in [2.24, 2.45) is 5.73 Å². The molecule has 1 fully saturated rings. The van der Waals surface area contributed by atoms with Crippen molar-refractivity contribution < 1.29 is 4.74 Å². The number of hydrogen-bond donors (Lipinski definition) is 1. The summed E-state index contributed by atoms with van der Waals surface area (Å²) in [6, 6.07) is 8.69. The van der Waals surface area contributed by atoms with Crippen molar-refractivity contribution in [1.29, 1.82) is 0 Å². The molecule has 2 N–H and O–H groups in total. The van der Waals surface area contributed by atoms with Crippen LogP contribution in [0.5, 0.6) is 5.75 Å². The maximum Gasteiger partial charge on any atom is 0.119 e. The van der Waals surface area contributed by atoms with E-state index in [1.807, 2.05) is 12.1 Å². The maximum atomic E-state index is 5.89. The molecule has 0 unspecified atom stereocenters. The van der Waals surface area contributed by atoms with Crippen LogP contribution < -0.4 is 10.5 Å². The molecule has 0 radical (unpaired) electrons. The Bertz CT molecular complexity index is 332. The summed E-state index contributed by atoms with van der Waals surface area (Å²) in [4.78, 5) is 2.46. The zero-order chi connectivity index (χ0) is 11.4. The first-order chi connectivity index (χ1) is 7.78. The maximum absolute atomic E-state index is 5.89. The predicted octanol–water partition coefficient (Wildman–Crippen LogP) is 1.62. The molecule has 0 aliphatic carbocycles. The molecular formula is C13H20N2O. The molecule has 2 rings (SSSR count). The third kappa shape index (κ3) is 2.97. The van der Waals surface area contributed by atoms with Gasteiger partial charge in [-0.15, -0.1) is 0 Å². The van der Waals surface area contributed by atoms with Gasteiger partial charge in [-0.25, -0.2) is 0 Å². The van der Waals surface area contributed by atoms with Gasteiger partial charge in [0.25, 0.3) is 0 Å². The quantitative estimate of drug-likeness (QED) is 0.841. The number of rotatable bonds is 3. The van der Waals surface area contributed by atoms with Crippen molar-refractivity contribution >= 4 is 0 Å². The van der Waals surface area contributed by atoms with Gasteiger partial charge in [0.15, 0.2) is 0 Å². The summed E-state index contributed by atoms with van der Waals surface area (Å²) in [5.74, 6) is 0.936. The lowest BCUT2D eigenvalue weighted by molar-refractivity contribution is 0.205. The Morgan fingerprint density at radius 1 is 1.38 bits per heavy atom. The minimum Gasteiger partial charge on any atom is -0.497 e. The third-order valence-corrected chi connectivity index (χ3v) is 3.17. The van der Waals surface area contributed by atoms with E-state index >= 15 is 0 Å². The Morgan fingerprint density at radius 3 is 2.81 bits per heavy atom. The summed E-state index contributed by atoms with van der Waals surface area (Å²) >= 11 is 0.